The van der Waals surface area contributed by atoms with Crippen LogP contribution in [-0.2, 0) is 17.3 Å². The number of ether oxygens (including phenoxy) is 1. The van der Waals surface area contributed by atoms with Gasteiger partial charge in [-0.3, -0.25) is 9.78 Å². The highest BCUT2D eigenvalue weighted by molar-refractivity contribution is 5.94. The van der Waals surface area contributed by atoms with E-state index in [9.17, 15) is 18.0 Å². The largest absolute Gasteiger partial charge is 0.416 e. The van der Waals surface area contributed by atoms with Crippen molar-refractivity contribution < 1.29 is 22.7 Å². The third-order valence-corrected chi connectivity index (χ3v) is 4.30. The van der Waals surface area contributed by atoms with Gasteiger partial charge in [0.2, 0.25) is 0 Å². The Morgan fingerprint density at radius 2 is 2.12 bits per heavy atom. The van der Waals surface area contributed by atoms with Crippen LogP contribution in [0.1, 0.15) is 27.2 Å². The van der Waals surface area contributed by atoms with Crippen LogP contribution in [0.2, 0.25) is 0 Å². The van der Waals surface area contributed by atoms with Gasteiger partial charge in [-0.1, -0.05) is 18.2 Å². The van der Waals surface area contributed by atoms with Gasteiger partial charge in [0, 0.05) is 31.4 Å². The Labute approximate surface area is 149 Å². The second-order valence-corrected chi connectivity index (χ2v) is 6.33. The summed E-state index contributed by atoms with van der Waals surface area (Å²) in [6.45, 7) is 2.98. The first kappa shape index (κ1) is 18.4. The fourth-order valence-electron chi connectivity index (χ4n) is 2.94. The van der Waals surface area contributed by atoms with E-state index in [-0.39, 0.29) is 12.0 Å². The van der Waals surface area contributed by atoms with E-state index >= 15 is 0 Å². The molecular formula is C19H19F3N2O2. The summed E-state index contributed by atoms with van der Waals surface area (Å²) in [5, 5.41) is 0. The number of hydrogen-bond donors (Lipinski definition) is 0. The standard InChI is InChI=1S/C19H19F3N2O2/c1-13-5-6-15(11-23-13)18(25)24-7-8-26-17(12-24)10-14-3-2-4-16(9-14)19(20,21)22/h2-6,9,11,17H,7-8,10,12H2,1H3. The van der Waals surface area contributed by atoms with E-state index in [1.807, 2.05) is 6.92 Å². The smallest absolute Gasteiger partial charge is 0.374 e. The second-order valence-electron chi connectivity index (χ2n) is 6.33. The third-order valence-electron chi connectivity index (χ3n) is 4.30. The summed E-state index contributed by atoms with van der Waals surface area (Å²) in [7, 11) is 0. The first-order valence-electron chi connectivity index (χ1n) is 8.32. The van der Waals surface area contributed by atoms with Crippen LogP contribution in [0.15, 0.2) is 42.6 Å². The molecule has 2 heterocycles. The van der Waals surface area contributed by atoms with Crippen molar-refractivity contribution in [2.24, 2.45) is 0 Å². The van der Waals surface area contributed by atoms with Gasteiger partial charge in [0.15, 0.2) is 0 Å². The minimum atomic E-state index is -4.37. The molecule has 1 aliphatic heterocycles. The zero-order valence-electron chi connectivity index (χ0n) is 14.3. The zero-order chi connectivity index (χ0) is 18.7. The zero-order valence-corrected chi connectivity index (χ0v) is 14.3. The fourth-order valence-corrected chi connectivity index (χ4v) is 2.94. The number of nitrogens with zero attached hydrogens (tertiary/aromatic N) is 2. The number of hydrogen-bond acceptors (Lipinski definition) is 3. The predicted octanol–water partition coefficient (Wildman–Crippen LogP) is 3.49. The number of benzene rings is 1. The molecule has 0 saturated carbocycles. The first-order chi connectivity index (χ1) is 12.3. The minimum Gasteiger partial charge on any atom is -0.374 e. The van der Waals surface area contributed by atoms with Crippen LogP contribution in [0.3, 0.4) is 0 Å². The molecule has 0 radical (unpaired) electrons. The van der Waals surface area contributed by atoms with E-state index in [1.165, 1.54) is 12.3 Å². The average Bonchev–Trinajstić information content (AvgIpc) is 2.61. The van der Waals surface area contributed by atoms with E-state index in [4.69, 9.17) is 4.74 Å². The number of alkyl halides is 3. The van der Waals surface area contributed by atoms with Crippen LogP contribution < -0.4 is 0 Å². The third kappa shape index (κ3) is 4.40. The number of amides is 1. The van der Waals surface area contributed by atoms with Crippen molar-refractivity contribution in [1.82, 2.24) is 9.88 Å². The summed E-state index contributed by atoms with van der Waals surface area (Å²) in [5.74, 6) is -0.144. The Kier molecular flexibility index (Phi) is 5.27. The fraction of sp³-hybridized carbons (Fsp3) is 0.368. The van der Waals surface area contributed by atoms with Gasteiger partial charge >= 0.3 is 6.18 Å². The number of halogens is 3. The van der Waals surface area contributed by atoms with E-state index in [0.717, 1.165) is 17.8 Å². The molecule has 2 aromatic rings. The van der Waals surface area contributed by atoms with E-state index in [1.54, 1.807) is 23.1 Å². The van der Waals surface area contributed by atoms with Gasteiger partial charge in [-0.15, -0.1) is 0 Å². The topological polar surface area (TPSA) is 42.4 Å². The lowest BCUT2D eigenvalue weighted by Crippen LogP contribution is -2.46. The highest BCUT2D eigenvalue weighted by Gasteiger charge is 2.31. The summed E-state index contributed by atoms with van der Waals surface area (Å²) >= 11 is 0. The molecule has 138 valence electrons. The Morgan fingerprint density at radius 1 is 1.31 bits per heavy atom. The molecule has 4 nitrogen and oxygen atoms in total. The molecule has 26 heavy (non-hydrogen) atoms. The average molecular weight is 364 g/mol. The lowest BCUT2D eigenvalue weighted by molar-refractivity contribution is -0.137. The molecule has 1 unspecified atom stereocenters. The Bertz CT molecular complexity index is 775. The van der Waals surface area contributed by atoms with Crippen LogP contribution in [0, 0.1) is 6.92 Å². The van der Waals surface area contributed by atoms with Crippen molar-refractivity contribution in [2.75, 3.05) is 19.7 Å². The maximum Gasteiger partial charge on any atom is 0.416 e. The Morgan fingerprint density at radius 3 is 2.81 bits per heavy atom. The summed E-state index contributed by atoms with van der Waals surface area (Å²) < 4.78 is 44.2. The van der Waals surface area contributed by atoms with Crippen molar-refractivity contribution in [1.29, 1.82) is 0 Å². The molecule has 1 saturated heterocycles. The lowest BCUT2D eigenvalue weighted by Gasteiger charge is -2.33. The molecule has 1 aliphatic rings. The van der Waals surface area contributed by atoms with Gasteiger partial charge in [0.25, 0.3) is 5.91 Å². The van der Waals surface area contributed by atoms with Gasteiger partial charge in [0.05, 0.1) is 23.8 Å². The van der Waals surface area contributed by atoms with Crippen molar-refractivity contribution in [3.63, 3.8) is 0 Å². The molecule has 3 rings (SSSR count). The number of aryl methyl sites for hydroxylation is 1. The molecule has 0 N–H and O–H groups in total. The van der Waals surface area contributed by atoms with Crippen LogP contribution in [0.25, 0.3) is 0 Å². The number of pyridine rings is 1. The summed E-state index contributed by atoms with van der Waals surface area (Å²) in [4.78, 5) is 18.4. The first-order valence-corrected chi connectivity index (χ1v) is 8.32. The summed E-state index contributed by atoms with van der Waals surface area (Å²) in [5.41, 5.74) is 1.18. The van der Waals surface area contributed by atoms with Crippen LogP contribution in [-0.4, -0.2) is 41.6 Å². The van der Waals surface area contributed by atoms with Gasteiger partial charge in [-0.25, -0.2) is 0 Å². The maximum atomic E-state index is 12.8. The molecule has 7 heteroatoms. The molecule has 1 fully saturated rings. The SMILES string of the molecule is Cc1ccc(C(=O)N2CCOC(Cc3cccc(C(F)(F)F)c3)C2)cn1. The highest BCUT2D eigenvalue weighted by atomic mass is 19.4. The summed E-state index contributed by atoms with van der Waals surface area (Å²) in [6, 6.07) is 8.71. The molecule has 0 aliphatic carbocycles. The normalized spacial score (nSPS) is 18.0. The van der Waals surface area contributed by atoms with Crippen molar-refractivity contribution in [2.45, 2.75) is 25.6 Å². The van der Waals surface area contributed by atoms with Gasteiger partial charge in [-0.2, -0.15) is 13.2 Å². The lowest BCUT2D eigenvalue weighted by atomic mass is 10.0. The number of carbonyl (C=O) groups excluding carboxylic acids is 1. The van der Waals surface area contributed by atoms with Gasteiger partial charge < -0.3 is 9.64 Å². The molecule has 1 atom stereocenters. The van der Waals surface area contributed by atoms with Gasteiger partial charge in [0.1, 0.15) is 0 Å². The van der Waals surface area contributed by atoms with E-state index in [0.29, 0.717) is 37.2 Å². The van der Waals surface area contributed by atoms with Crippen LogP contribution >= 0.6 is 0 Å². The van der Waals surface area contributed by atoms with E-state index < -0.39 is 11.7 Å². The highest BCUT2D eigenvalue weighted by Crippen LogP contribution is 2.30. The molecule has 1 aromatic carbocycles. The van der Waals surface area contributed by atoms with Crippen LogP contribution in [0.4, 0.5) is 13.2 Å². The monoisotopic (exact) mass is 364 g/mol. The molecule has 1 amide bonds. The summed E-state index contributed by atoms with van der Waals surface area (Å²) in [6.07, 6.45) is -2.85. The number of morpholine rings is 1. The minimum absolute atomic E-state index is 0.144. The Hall–Kier alpha value is -2.41. The van der Waals surface area contributed by atoms with Crippen molar-refractivity contribution in [3.05, 3.63) is 65.0 Å². The molecule has 0 spiro atoms. The second kappa shape index (κ2) is 7.45. The predicted molar refractivity (Wildman–Crippen MR) is 89.8 cm³/mol. The molecule has 0 bridgehead atoms. The maximum absolute atomic E-state index is 12.8. The van der Waals surface area contributed by atoms with E-state index in [2.05, 4.69) is 4.98 Å². The number of carbonyl (C=O) groups is 1. The van der Waals surface area contributed by atoms with Crippen molar-refractivity contribution in [3.8, 4) is 0 Å². The molecular weight excluding hydrogens is 345 g/mol. The quantitative estimate of drug-likeness (QED) is 0.837. The van der Waals surface area contributed by atoms with Gasteiger partial charge in [-0.05, 0) is 30.7 Å². The number of aromatic nitrogens is 1. The molecule has 1 aromatic heterocycles. The van der Waals surface area contributed by atoms with Crippen LogP contribution in [0.5, 0.6) is 0 Å². The number of rotatable bonds is 3. The Balaban J connectivity index is 1.67. The van der Waals surface area contributed by atoms with Crippen molar-refractivity contribution >= 4 is 5.91 Å².